The molecule has 0 amide bonds. The van der Waals surface area contributed by atoms with Crippen LogP contribution in [0, 0.1) is 13.8 Å². The monoisotopic (exact) mass is 355 g/mol. The number of benzene rings is 2. The summed E-state index contributed by atoms with van der Waals surface area (Å²) in [5.74, 6) is 0.805. The SMILES string of the molecule is COc1ccccc1NC(=S)N1CCN(c2cc(C)ccc2C)CC1. The smallest absolute Gasteiger partial charge is 0.173 e. The number of nitrogens with zero attached hydrogens (tertiary/aromatic N) is 2. The molecule has 0 unspecified atom stereocenters. The van der Waals surface area contributed by atoms with Crippen LogP contribution in [0.4, 0.5) is 11.4 Å². The summed E-state index contributed by atoms with van der Waals surface area (Å²) >= 11 is 5.61. The van der Waals surface area contributed by atoms with E-state index in [1.165, 1.54) is 16.8 Å². The highest BCUT2D eigenvalue weighted by Crippen LogP contribution is 2.25. The second-order valence-electron chi connectivity index (χ2n) is 6.39. The molecule has 2 aromatic rings. The van der Waals surface area contributed by atoms with Gasteiger partial charge >= 0.3 is 0 Å². The van der Waals surface area contributed by atoms with Gasteiger partial charge in [-0.15, -0.1) is 0 Å². The van der Waals surface area contributed by atoms with Crippen molar-refractivity contribution in [2.45, 2.75) is 13.8 Å². The van der Waals surface area contributed by atoms with Crippen molar-refractivity contribution >= 4 is 28.7 Å². The van der Waals surface area contributed by atoms with Crippen molar-refractivity contribution in [2.75, 3.05) is 43.5 Å². The normalized spacial score (nSPS) is 14.4. The molecule has 1 saturated heterocycles. The van der Waals surface area contributed by atoms with Crippen molar-refractivity contribution < 1.29 is 4.74 Å². The average Bonchev–Trinajstić information content (AvgIpc) is 2.64. The molecule has 5 heteroatoms. The van der Waals surface area contributed by atoms with Crippen molar-refractivity contribution in [1.82, 2.24) is 4.90 Å². The average molecular weight is 356 g/mol. The van der Waals surface area contributed by atoms with Crippen LogP contribution in [-0.2, 0) is 0 Å². The van der Waals surface area contributed by atoms with Gasteiger partial charge in [0.15, 0.2) is 5.11 Å². The second kappa shape index (κ2) is 7.74. The second-order valence-corrected chi connectivity index (χ2v) is 6.78. The van der Waals surface area contributed by atoms with Crippen molar-refractivity contribution in [2.24, 2.45) is 0 Å². The highest BCUT2D eigenvalue weighted by atomic mass is 32.1. The molecular formula is C20H25N3OS. The van der Waals surface area contributed by atoms with Gasteiger partial charge < -0.3 is 19.9 Å². The van der Waals surface area contributed by atoms with Crippen molar-refractivity contribution in [3.05, 3.63) is 53.6 Å². The number of anilines is 2. The number of aryl methyl sites for hydroxylation is 2. The van der Waals surface area contributed by atoms with Gasteiger partial charge in [-0.2, -0.15) is 0 Å². The Kier molecular flexibility index (Phi) is 5.43. The summed E-state index contributed by atoms with van der Waals surface area (Å²) in [7, 11) is 1.67. The van der Waals surface area contributed by atoms with Crippen LogP contribution in [0.5, 0.6) is 5.75 Å². The molecule has 1 aliphatic heterocycles. The van der Waals surface area contributed by atoms with Gasteiger partial charge in [0.1, 0.15) is 5.75 Å². The van der Waals surface area contributed by atoms with Crippen molar-refractivity contribution in [3.8, 4) is 5.75 Å². The lowest BCUT2D eigenvalue weighted by atomic mass is 10.1. The lowest BCUT2D eigenvalue weighted by molar-refractivity contribution is 0.390. The van der Waals surface area contributed by atoms with Crippen LogP contribution < -0.4 is 15.0 Å². The summed E-state index contributed by atoms with van der Waals surface area (Å²) in [5.41, 5.74) is 4.88. The number of methoxy groups -OCH3 is 1. The molecule has 0 aromatic heterocycles. The molecule has 0 bridgehead atoms. The molecule has 0 radical (unpaired) electrons. The van der Waals surface area contributed by atoms with Gasteiger partial charge in [-0.25, -0.2) is 0 Å². The predicted octanol–water partition coefficient (Wildman–Crippen LogP) is 3.83. The maximum atomic E-state index is 5.61. The predicted molar refractivity (Wildman–Crippen MR) is 109 cm³/mol. The first-order valence-corrected chi connectivity index (χ1v) is 9.00. The quantitative estimate of drug-likeness (QED) is 0.845. The van der Waals surface area contributed by atoms with Gasteiger partial charge in [-0.05, 0) is 55.4 Å². The van der Waals surface area contributed by atoms with Gasteiger partial charge in [-0.1, -0.05) is 24.3 Å². The molecule has 4 nitrogen and oxygen atoms in total. The number of hydrogen-bond donors (Lipinski definition) is 1. The topological polar surface area (TPSA) is 27.7 Å². The molecule has 0 atom stereocenters. The Bertz CT molecular complexity index is 754. The fourth-order valence-electron chi connectivity index (χ4n) is 3.15. The zero-order valence-electron chi connectivity index (χ0n) is 15.1. The molecule has 132 valence electrons. The zero-order valence-corrected chi connectivity index (χ0v) is 15.9. The molecule has 25 heavy (non-hydrogen) atoms. The minimum Gasteiger partial charge on any atom is -0.495 e. The fourth-order valence-corrected chi connectivity index (χ4v) is 3.45. The zero-order chi connectivity index (χ0) is 17.8. The van der Waals surface area contributed by atoms with E-state index in [1.54, 1.807) is 7.11 Å². The highest BCUT2D eigenvalue weighted by Gasteiger charge is 2.20. The molecule has 1 aliphatic rings. The van der Waals surface area contributed by atoms with E-state index in [1.807, 2.05) is 24.3 Å². The third-order valence-electron chi connectivity index (χ3n) is 4.62. The molecule has 2 aromatic carbocycles. The number of rotatable bonds is 3. The van der Waals surface area contributed by atoms with E-state index in [-0.39, 0.29) is 0 Å². The van der Waals surface area contributed by atoms with Gasteiger partial charge in [0, 0.05) is 31.9 Å². The first kappa shape index (κ1) is 17.5. The minimum absolute atomic E-state index is 0.755. The Hall–Kier alpha value is -2.27. The third kappa shape index (κ3) is 4.04. The van der Waals surface area contributed by atoms with E-state index in [4.69, 9.17) is 17.0 Å². The van der Waals surface area contributed by atoms with Crippen LogP contribution in [0.1, 0.15) is 11.1 Å². The van der Waals surface area contributed by atoms with Crippen LogP contribution in [-0.4, -0.2) is 43.3 Å². The third-order valence-corrected chi connectivity index (χ3v) is 4.98. The van der Waals surface area contributed by atoms with Crippen LogP contribution >= 0.6 is 12.2 Å². The molecule has 1 N–H and O–H groups in total. The number of ether oxygens (including phenoxy) is 1. The maximum absolute atomic E-state index is 5.61. The minimum atomic E-state index is 0.755. The Labute approximate surface area is 155 Å². The molecule has 0 saturated carbocycles. The molecule has 0 spiro atoms. The number of thiocarbonyl (C=S) groups is 1. The maximum Gasteiger partial charge on any atom is 0.173 e. The summed E-state index contributed by atoms with van der Waals surface area (Å²) in [6.45, 7) is 8.08. The summed E-state index contributed by atoms with van der Waals surface area (Å²) < 4.78 is 5.38. The van der Waals surface area contributed by atoms with E-state index < -0.39 is 0 Å². The summed E-state index contributed by atoms with van der Waals surface area (Å²) in [4.78, 5) is 4.67. The summed E-state index contributed by atoms with van der Waals surface area (Å²) in [5, 5.41) is 4.07. The van der Waals surface area contributed by atoms with Gasteiger partial charge in [0.25, 0.3) is 0 Å². The first-order chi connectivity index (χ1) is 12.1. The van der Waals surface area contributed by atoms with E-state index in [0.717, 1.165) is 42.7 Å². The summed E-state index contributed by atoms with van der Waals surface area (Å²) in [6, 6.07) is 14.5. The van der Waals surface area contributed by atoms with E-state index in [2.05, 4.69) is 47.2 Å². The molecule has 1 heterocycles. The summed E-state index contributed by atoms with van der Waals surface area (Å²) in [6.07, 6.45) is 0. The van der Waals surface area contributed by atoms with E-state index >= 15 is 0 Å². The lowest BCUT2D eigenvalue weighted by Gasteiger charge is -2.38. The highest BCUT2D eigenvalue weighted by molar-refractivity contribution is 7.80. The van der Waals surface area contributed by atoms with Gasteiger partial charge in [0.2, 0.25) is 0 Å². The lowest BCUT2D eigenvalue weighted by Crippen LogP contribution is -2.50. The van der Waals surface area contributed by atoms with Gasteiger partial charge in [-0.3, -0.25) is 0 Å². The Morgan fingerprint density at radius 1 is 1.04 bits per heavy atom. The number of piperazine rings is 1. The van der Waals surface area contributed by atoms with Crippen molar-refractivity contribution in [3.63, 3.8) is 0 Å². The standard InChI is InChI=1S/C20H25N3OS/c1-15-8-9-16(2)18(14-15)22-10-12-23(13-11-22)20(25)21-17-6-4-5-7-19(17)24-3/h4-9,14H,10-13H2,1-3H3,(H,21,25). The Morgan fingerprint density at radius 2 is 1.76 bits per heavy atom. The van der Waals surface area contributed by atoms with E-state index in [0.29, 0.717) is 0 Å². The van der Waals surface area contributed by atoms with Crippen LogP contribution in [0.3, 0.4) is 0 Å². The molecular weight excluding hydrogens is 330 g/mol. The largest absolute Gasteiger partial charge is 0.495 e. The van der Waals surface area contributed by atoms with Crippen LogP contribution in [0.15, 0.2) is 42.5 Å². The molecule has 0 aliphatic carbocycles. The number of nitrogens with one attached hydrogen (secondary N) is 1. The van der Waals surface area contributed by atoms with Crippen molar-refractivity contribution in [1.29, 1.82) is 0 Å². The van der Waals surface area contributed by atoms with E-state index in [9.17, 15) is 0 Å². The van der Waals surface area contributed by atoms with Gasteiger partial charge in [0.05, 0.1) is 12.8 Å². The first-order valence-electron chi connectivity index (χ1n) is 8.59. The molecule has 3 rings (SSSR count). The Balaban J connectivity index is 1.62. The van der Waals surface area contributed by atoms with Crippen LogP contribution in [0.2, 0.25) is 0 Å². The van der Waals surface area contributed by atoms with Crippen LogP contribution in [0.25, 0.3) is 0 Å². The fraction of sp³-hybridized carbons (Fsp3) is 0.350. The molecule has 1 fully saturated rings. The Morgan fingerprint density at radius 3 is 2.48 bits per heavy atom. The number of para-hydroxylation sites is 2. The number of hydrogen-bond acceptors (Lipinski definition) is 3.